The zero-order valence-electron chi connectivity index (χ0n) is 11.1. The minimum Gasteiger partial charge on any atom is -0.326 e. The molecule has 8 heteroatoms. The Morgan fingerprint density at radius 1 is 1.24 bits per heavy atom. The summed E-state index contributed by atoms with van der Waals surface area (Å²) < 4.78 is 24.0. The van der Waals surface area contributed by atoms with Crippen LogP contribution in [0, 0.1) is 0 Å². The fourth-order valence-corrected chi connectivity index (χ4v) is 2.87. The molecule has 0 fully saturated rings. The van der Waals surface area contributed by atoms with Gasteiger partial charge < -0.3 is 5.32 Å². The van der Waals surface area contributed by atoms with Gasteiger partial charge in [0.2, 0.25) is 5.91 Å². The summed E-state index contributed by atoms with van der Waals surface area (Å²) in [5.41, 5.74) is 0.531. The second-order valence-electron chi connectivity index (χ2n) is 4.07. The van der Waals surface area contributed by atoms with Gasteiger partial charge in [-0.05, 0) is 35.7 Å². The lowest BCUT2D eigenvalue weighted by Gasteiger charge is -2.05. The largest absolute Gasteiger partial charge is 0.326 e. The second-order valence-corrected chi connectivity index (χ2v) is 6.71. The Kier molecular flexibility index (Phi) is 4.71. The van der Waals surface area contributed by atoms with E-state index >= 15 is 0 Å². The van der Waals surface area contributed by atoms with Crippen LogP contribution in [0.5, 0.6) is 0 Å². The fourth-order valence-electron chi connectivity index (χ4n) is 1.50. The van der Waals surface area contributed by atoms with Gasteiger partial charge in [-0.3, -0.25) is 4.79 Å². The second kappa shape index (κ2) is 6.51. The van der Waals surface area contributed by atoms with Crippen molar-refractivity contribution in [3.05, 3.63) is 46.7 Å². The van der Waals surface area contributed by atoms with Crippen molar-refractivity contribution in [3.63, 3.8) is 0 Å². The van der Waals surface area contributed by atoms with Crippen molar-refractivity contribution in [1.29, 1.82) is 0 Å². The molecule has 1 heterocycles. The van der Waals surface area contributed by atoms with Crippen LogP contribution >= 0.6 is 11.3 Å². The molecule has 0 saturated carbocycles. The molecule has 2 aromatic rings. The number of nitrogens with zero attached hydrogens (tertiary/aromatic N) is 1. The number of benzene rings is 1. The van der Waals surface area contributed by atoms with Gasteiger partial charge in [0.1, 0.15) is 0 Å². The summed E-state index contributed by atoms with van der Waals surface area (Å²) in [5, 5.41) is 8.14. The van der Waals surface area contributed by atoms with Crippen LogP contribution in [-0.2, 0) is 14.8 Å². The molecule has 1 amide bonds. The number of carbonyl (C=O) groups excluding carboxylic acids is 1. The summed E-state index contributed by atoms with van der Waals surface area (Å²) in [6, 6.07) is 9.49. The maximum atomic E-state index is 12.0. The summed E-state index contributed by atoms with van der Waals surface area (Å²) in [7, 11) is -3.71. The first-order valence-electron chi connectivity index (χ1n) is 5.93. The van der Waals surface area contributed by atoms with Crippen LogP contribution in [0.25, 0.3) is 0 Å². The molecule has 0 spiro atoms. The van der Waals surface area contributed by atoms with Crippen LogP contribution in [-0.4, -0.2) is 20.5 Å². The Balaban J connectivity index is 2.07. The smallest absolute Gasteiger partial charge is 0.276 e. The van der Waals surface area contributed by atoms with Gasteiger partial charge in [0, 0.05) is 17.5 Å². The van der Waals surface area contributed by atoms with Gasteiger partial charge in [-0.1, -0.05) is 6.07 Å². The van der Waals surface area contributed by atoms with Crippen LogP contribution < -0.4 is 10.1 Å². The molecule has 0 unspecified atom stereocenters. The van der Waals surface area contributed by atoms with Crippen molar-refractivity contribution in [3.8, 4) is 0 Å². The molecule has 6 nitrogen and oxygen atoms in total. The predicted octanol–water partition coefficient (Wildman–Crippen LogP) is 2.02. The molecule has 0 aliphatic rings. The molecule has 0 bridgehead atoms. The van der Waals surface area contributed by atoms with Crippen molar-refractivity contribution in [2.75, 3.05) is 5.32 Å². The third-order valence-electron chi connectivity index (χ3n) is 2.39. The monoisotopic (exact) mass is 323 g/mol. The van der Waals surface area contributed by atoms with Gasteiger partial charge in [0.15, 0.2) is 0 Å². The molecule has 2 rings (SSSR count). The first kappa shape index (κ1) is 15.2. The van der Waals surface area contributed by atoms with E-state index in [-0.39, 0.29) is 10.8 Å². The van der Waals surface area contributed by atoms with Gasteiger partial charge in [0.05, 0.1) is 11.1 Å². The number of hydrogen-bond donors (Lipinski definition) is 2. The molecule has 1 aromatic heterocycles. The van der Waals surface area contributed by atoms with Gasteiger partial charge in [-0.15, -0.1) is 11.3 Å². The standard InChI is InChI=1S/C13H13N3O3S2/c1-10(17)15-11-4-6-13(7-5-11)21(18,19)16-14-9-12-3-2-8-20-12/h2-9,16H,1H3,(H,15,17)/b14-9+. The van der Waals surface area contributed by atoms with E-state index in [2.05, 4.69) is 15.2 Å². The number of thiophene rings is 1. The average molecular weight is 323 g/mol. The Morgan fingerprint density at radius 2 is 1.95 bits per heavy atom. The zero-order chi connectivity index (χ0) is 15.3. The lowest BCUT2D eigenvalue weighted by atomic mass is 10.3. The van der Waals surface area contributed by atoms with Crippen molar-refractivity contribution >= 4 is 39.2 Å². The highest BCUT2D eigenvalue weighted by molar-refractivity contribution is 7.89. The SMILES string of the molecule is CC(=O)Nc1ccc(S(=O)(=O)N/N=C/c2cccs2)cc1. The number of hydrogen-bond acceptors (Lipinski definition) is 5. The Bertz CT molecular complexity index is 735. The van der Waals surface area contributed by atoms with Crippen molar-refractivity contribution in [2.45, 2.75) is 11.8 Å². The highest BCUT2D eigenvalue weighted by atomic mass is 32.2. The van der Waals surface area contributed by atoms with Crippen LogP contribution in [0.1, 0.15) is 11.8 Å². The average Bonchev–Trinajstić information content (AvgIpc) is 2.91. The number of amides is 1. The zero-order valence-corrected chi connectivity index (χ0v) is 12.7. The number of nitrogens with one attached hydrogen (secondary N) is 2. The van der Waals surface area contributed by atoms with E-state index in [1.54, 1.807) is 0 Å². The first-order chi connectivity index (χ1) is 9.97. The van der Waals surface area contributed by atoms with Crippen LogP contribution in [0.4, 0.5) is 5.69 Å². The highest BCUT2D eigenvalue weighted by Crippen LogP contribution is 2.14. The Morgan fingerprint density at radius 3 is 2.52 bits per heavy atom. The number of rotatable bonds is 5. The Labute approximate surface area is 126 Å². The quantitative estimate of drug-likeness (QED) is 0.652. The molecule has 2 N–H and O–H groups in total. The maximum absolute atomic E-state index is 12.0. The third kappa shape index (κ3) is 4.40. The van der Waals surface area contributed by atoms with E-state index < -0.39 is 10.0 Å². The molecule has 0 saturated heterocycles. The molecule has 1 aromatic carbocycles. The Hall–Kier alpha value is -2.19. The normalized spacial score (nSPS) is 11.5. The van der Waals surface area contributed by atoms with E-state index in [0.717, 1.165) is 4.88 Å². The summed E-state index contributed by atoms with van der Waals surface area (Å²) in [6.45, 7) is 1.38. The predicted molar refractivity (Wildman–Crippen MR) is 83.0 cm³/mol. The van der Waals surface area contributed by atoms with E-state index in [4.69, 9.17) is 0 Å². The summed E-state index contributed by atoms with van der Waals surface area (Å²) >= 11 is 1.45. The van der Waals surface area contributed by atoms with E-state index in [1.807, 2.05) is 17.5 Å². The summed E-state index contributed by atoms with van der Waals surface area (Å²) in [6.07, 6.45) is 1.44. The first-order valence-corrected chi connectivity index (χ1v) is 8.30. The lowest BCUT2D eigenvalue weighted by Crippen LogP contribution is -2.18. The number of carbonyl (C=O) groups is 1. The van der Waals surface area contributed by atoms with Crippen LogP contribution in [0.2, 0.25) is 0 Å². The molecule has 0 atom stereocenters. The minimum atomic E-state index is -3.71. The highest BCUT2D eigenvalue weighted by Gasteiger charge is 2.12. The molecule has 110 valence electrons. The number of hydrazone groups is 1. The van der Waals surface area contributed by atoms with E-state index in [9.17, 15) is 13.2 Å². The van der Waals surface area contributed by atoms with E-state index in [1.165, 1.54) is 48.7 Å². The maximum Gasteiger partial charge on any atom is 0.276 e. The number of sulfonamides is 1. The third-order valence-corrected chi connectivity index (χ3v) is 4.44. The van der Waals surface area contributed by atoms with E-state index in [0.29, 0.717) is 5.69 Å². The van der Waals surface area contributed by atoms with Crippen molar-refractivity contribution in [1.82, 2.24) is 4.83 Å². The van der Waals surface area contributed by atoms with Gasteiger partial charge >= 0.3 is 0 Å². The molecule has 21 heavy (non-hydrogen) atoms. The van der Waals surface area contributed by atoms with Crippen molar-refractivity contribution in [2.24, 2.45) is 5.10 Å². The number of anilines is 1. The molecular weight excluding hydrogens is 310 g/mol. The van der Waals surface area contributed by atoms with Crippen LogP contribution in [0.15, 0.2) is 51.8 Å². The van der Waals surface area contributed by atoms with Crippen LogP contribution in [0.3, 0.4) is 0 Å². The van der Waals surface area contributed by atoms with Gasteiger partial charge in [-0.2, -0.15) is 13.5 Å². The summed E-state index contributed by atoms with van der Waals surface area (Å²) in [5.74, 6) is -0.218. The van der Waals surface area contributed by atoms with Gasteiger partial charge in [-0.25, -0.2) is 4.83 Å². The topological polar surface area (TPSA) is 87.6 Å². The molecular formula is C13H13N3O3S2. The molecule has 0 aliphatic heterocycles. The minimum absolute atomic E-state index is 0.0694. The lowest BCUT2D eigenvalue weighted by molar-refractivity contribution is -0.114. The summed E-state index contributed by atoms with van der Waals surface area (Å²) in [4.78, 5) is 13.9. The fraction of sp³-hybridized carbons (Fsp3) is 0.0769. The molecule has 0 aliphatic carbocycles. The van der Waals surface area contributed by atoms with Crippen molar-refractivity contribution < 1.29 is 13.2 Å². The molecule has 0 radical (unpaired) electrons. The van der Waals surface area contributed by atoms with Gasteiger partial charge in [0.25, 0.3) is 10.0 Å².